The van der Waals surface area contributed by atoms with Crippen LogP contribution in [0.2, 0.25) is 0 Å². The van der Waals surface area contributed by atoms with E-state index in [1.165, 1.54) is 5.52 Å². The fraction of sp³-hybridized carbons (Fsp3) is 0.304. The van der Waals surface area contributed by atoms with E-state index in [2.05, 4.69) is 46.4 Å². The number of thioether (sulfide) groups is 1. The molecule has 0 bridgehead atoms. The molecule has 1 aliphatic rings. The molecule has 0 saturated heterocycles. The number of aromatic nitrogens is 1. The number of hydrogen-bond acceptors (Lipinski definition) is 4. The summed E-state index contributed by atoms with van der Waals surface area (Å²) in [6.45, 7) is 5.06. The van der Waals surface area contributed by atoms with Crippen molar-refractivity contribution in [3.63, 3.8) is 0 Å². The zero-order valence-electron chi connectivity index (χ0n) is 17.3. The number of amides is 2. The summed E-state index contributed by atoms with van der Waals surface area (Å²) in [5, 5.41) is 7.85. The quantitative estimate of drug-likeness (QED) is 0.457. The van der Waals surface area contributed by atoms with Gasteiger partial charge in [-0.05, 0) is 43.9 Å². The van der Waals surface area contributed by atoms with Gasteiger partial charge in [-0.2, -0.15) is 11.8 Å². The number of nitrogens with zero attached hydrogens (tertiary/aromatic N) is 1. The molecule has 2 amide bonds. The van der Waals surface area contributed by atoms with Gasteiger partial charge in [-0.25, -0.2) is 9.59 Å². The van der Waals surface area contributed by atoms with Gasteiger partial charge in [-0.15, -0.1) is 0 Å². The van der Waals surface area contributed by atoms with Crippen LogP contribution in [0.15, 0.2) is 53.7 Å². The van der Waals surface area contributed by atoms with Crippen molar-refractivity contribution in [1.82, 2.24) is 15.2 Å². The van der Waals surface area contributed by atoms with E-state index in [-0.39, 0.29) is 6.03 Å². The molecule has 3 aromatic rings. The van der Waals surface area contributed by atoms with Crippen LogP contribution in [0.4, 0.5) is 4.79 Å². The number of aryl methyl sites for hydroxylation is 1. The fourth-order valence-electron chi connectivity index (χ4n) is 4.10. The second-order valence-electron chi connectivity index (χ2n) is 7.24. The van der Waals surface area contributed by atoms with Crippen LogP contribution in [0.5, 0.6) is 0 Å². The SMILES string of the molecule is CCn1c2ccccc2c2cc(C3NC(=O)NC(C)=C3C(=O)OCCSC)ccc21. The van der Waals surface area contributed by atoms with E-state index in [0.29, 0.717) is 17.9 Å². The number of nitrogens with one attached hydrogen (secondary N) is 2. The molecule has 0 saturated carbocycles. The highest BCUT2D eigenvalue weighted by Crippen LogP contribution is 2.34. The molecule has 30 heavy (non-hydrogen) atoms. The highest BCUT2D eigenvalue weighted by molar-refractivity contribution is 7.98. The Morgan fingerprint density at radius 3 is 2.70 bits per heavy atom. The summed E-state index contributed by atoms with van der Waals surface area (Å²) in [4.78, 5) is 25.0. The minimum atomic E-state index is -0.561. The Hall–Kier alpha value is -2.93. The van der Waals surface area contributed by atoms with Gasteiger partial charge in [0.1, 0.15) is 6.61 Å². The van der Waals surface area contributed by atoms with E-state index in [1.807, 2.05) is 24.5 Å². The average molecular weight is 424 g/mol. The van der Waals surface area contributed by atoms with Crippen molar-refractivity contribution >= 4 is 45.6 Å². The third-order valence-electron chi connectivity index (χ3n) is 5.46. The van der Waals surface area contributed by atoms with Gasteiger partial charge < -0.3 is 19.9 Å². The van der Waals surface area contributed by atoms with Crippen LogP contribution in [-0.4, -0.2) is 35.2 Å². The molecule has 0 aliphatic carbocycles. The van der Waals surface area contributed by atoms with E-state index in [0.717, 1.165) is 34.2 Å². The number of carbonyl (C=O) groups is 2. The van der Waals surface area contributed by atoms with Crippen LogP contribution in [0.3, 0.4) is 0 Å². The molecule has 156 valence electrons. The Labute approximate surface area is 179 Å². The first-order chi connectivity index (χ1) is 14.5. The predicted octanol–water partition coefficient (Wildman–Crippen LogP) is 4.35. The number of benzene rings is 2. The summed E-state index contributed by atoms with van der Waals surface area (Å²) in [7, 11) is 0. The average Bonchev–Trinajstić information content (AvgIpc) is 3.06. The monoisotopic (exact) mass is 423 g/mol. The molecule has 2 aromatic carbocycles. The smallest absolute Gasteiger partial charge is 0.338 e. The normalized spacial score (nSPS) is 16.6. The molecule has 2 N–H and O–H groups in total. The first-order valence-corrected chi connectivity index (χ1v) is 11.4. The molecule has 1 aliphatic heterocycles. The van der Waals surface area contributed by atoms with Crippen LogP contribution in [0.1, 0.15) is 25.5 Å². The Morgan fingerprint density at radius 2 is 1.93 bits per heavy atom. The number of fused-ring (bicyclic) bond motifs is 3. The molecule has 1 unspecified atom stereocenters. The second-order valence-corrected chi connectivity index (χ2v) is 8.22. The molecule has 0 fully saturated rings. The fourth-order valence-corrected chi connectivity index (χ4v) is 4.35. The lowest BCUT2D eigenvalue weighted by molar-refractivity contribution is -0.138. The maximum atomic E-state index is 12.8. The van der Waals surface area contributed by atoms with Gasteiger partial charge >= 0.3 is 12.0 Å². The van der Waals surface area contributed by atoms with E-state index in [9.17, 15) is 9.59 Å². The molecule has 7 heteroatoms. The summed E-state index contributed by atoms with van der Waals surface area (Å²) >= 11 is 1.61. The van der Waals surface area contributed by atoms with Gasteiger partial charge in [0.15, 0.2) is 0 Å². The zero-order valence-corrected chi connectivity index (χ0v) is 18.1. The van der Waals surface area contributed by atoms with E-state index < -0.39 is 12.0 Å². The van der Waals surface area contributed by atoms with Gasteiger partial charge in [0, 0.05) is 39.8 Å². The van der Waals surface area contributed by atoms with Crippen LogP contribution < -0.4 is 10.6 Å². The second kappa shape index (κ2) is 8.44. The highest BCUT2D eigenvalue weighted by atomic mass is 32.2. The molecule has 1 atom stereocenters. The predicted molar refractivity (Wildman–Crippen MR) is 122 cm³/mol. The van der Waals surface area contributed by atoms with Crippen LogP contribution in [0.25, 0.3) is 21.8 Å². The molecular weight excluding hydrogens is 398 g/mol. The Bertz CT molecular complexity index is 1170. The Balaban J connectivity index is 1.80. The maximum Gasteiger partial charge on any atom is 0.338 e. The van der Waals surface area contributed by atoms with Gasteiger partial charge in [-0.3, -0.25) is 0 Å². The van der Waals surface area contributed by atoms with Crippen molar-refractivity contribution in [2.75, 3.05) is 18.6 Å². The number of para-hydroxylation sites is 1. The lowest BCUT2D eigenvalue weighted by atomic mass is 9.94. The van der Waals surface area contributed by atoms with Crippen molar-refractivity contribution in [2.45, 2.75) is 26.4 Å². The molecule has 2 heterocycles. The van der Waals surface area contributed by atoms with Crippen LogP contribution >= 0.6 is 11.8 Å². The lowest BCUT2D eigenvalue weighted by Gasteiger charge is -2.28. The molecule has 0 radical (unpaired) electrons. The van der Waals surface area contributed by atoms with Crippen molar-refractivity contribution in [3.8, 4) is 0 Å². The number of rotatable bonds is 6. The van der Waals surface area contributed by atoms with E-state index >= 15 is 0 Å². The van der Waals surface area contributed by atoms with Gasteiger partial charge in [0.05, 0.1) is 11.6 Å². The number of allylic oxidation sites excluding steroid dienone is 1. The highest BCUT2D eigenvalue weighted by Gasteiger charge is 2.32. The first-order valence-electron chi connectivity index (χ1n) is 10.00. The number of ether oxygens (including phenoxy) is 1. The number of esters is 1. The van der Waals surface area contributed by atoms with Crippen molar-refractivity contribution < 1.29 is 14.3 Å². The van der Waals surface area contributed by atoms with Crippen molar-refractivity contribution in [2.24, 2.45) is 0 Å². The maximum absolute atomic E-state index is 12.8. The molecule has 0 spiro atoms. The van der Waals surface area contributed by atoms with E-state index in [4.69, 9.17) is 4.74 Å². The lowest BCUT2D eigenvalue weighted by Crippen LogP contribution is -2.45. The molecular formula is C23H25N3O3S. The first kappa shape index (κ1) is 20.3. The van der Waals surface area contributed by atoms with Crippen molar-refractivity contribution in [1.29, 1.82) is 0 Å². The number of urea groups is 1. The zero-order chi connectivity index (χ0) is 21.3. The summed E-state index contributed by atoms with van der Waals surface area (Å²) in [5.74, 6) is 0.320. The third kappa shape index (κ3) is 3.54. The third-order valence-corrected chi connectivity index (χ3v) is 6.03. The molecule has 1 aromatic heterocycles. The van der Waals surface area contributed by atoms with Gasteiger partial charge in [0.2, 0.25) is 0 Å². The van der Waals surface area contributed by atoms with Crippen LogP contribution in [0, 0.1) is 0 Å². The topological polar surface area (TPSA) is 72.4 Å². The minimum absolute atomic E-state index is 0.325. The minimum Gasteiger partial charge on any atom is -0.461 e. The van der Waals surface area contributed by atoms with Crippen molar-refractivity contribution in [3.05, 3.63) is 59.3 Å². The molecule has 4 rings (SSSR count). The summed E-state index contributed by atoms with van der Waals surface area (Å²) in [5.41, 5.74) is 4.12. The number of carbonyl (C=O) groups excluding carboxylic acids is 2. The Kier molecular flexibility index (Phi) is 5.72. The largest absolute Gasteiger partial charge is 0.461 e. The van der Waals surface area contributed by atoms with Gasteiger partial charge in [-0.1, -0.05) is 24.3 Å². The van der Waals surface area contributed by atoms with E-state index in [1.54, 1.807) is 18.7 Å². The summed E-state index contributed by atoms with van der Waals surface area (Å²) < 4.78 is 7.72. The summed E-state index contributed by atoms with van der Waals surface area (Å²) in [6.07, 6.45) is 1.96. The standard InChI is InChI=1S/C23H25N3O3S/c1-4-26-18-8-6-5-7-16(18)17-13-15(9-10-19(17)26)21-20(14(2)24-23(28)25-21)22(27)29-11-12-30-3/h5-10,13,21H,4,11-12H2,1-3H3,(H2,24,25,28). The Morgan fingerprint density at radius 1 is 1.17 bits per heavy atom. The van der Waals surface area contributed by atoms with Crippen LogP contribution in [-0.2, 0) is 16.1 Å². The molecule has 6 nitrogen and oxygen atoms in total. The number of hydrogen-bond donors (Lipinski definition) is 2. The summed E-state index contributed by atoms with van der Waals surface area (Å²) in [6, 6.07) is 13.5. The van der Waals surface area contributed by atoms with Gasteiger partial charge in [0.25, 0.3) is 0 Å².